The Morgan fingerprint density at radius 3 is 1.10 bits per heavy atom. The van der Waals surface area contributed by atoms with Gasteiger partial charge in [-0.05, 0) is 38.1 Å². The van der Waals surface area contributed by atoms with Crippen LogP contribution in [0.1, 0.15) is 38.5 Å². The summed E-state index contributed by atoms with van der Waals surface area (Å²) in [6.07, 6.45) is 8.01. The van der Waals surface area contributed by atoms with Gasteiger partial charge in [-0.2, -0.15) is 9.15 Å². The fraction of sp³-hybridized carbons (Fsp3) is 0.833. The number of rotatable bonds is 0. The Morgan fingerprint density at radius 2 is 0.950 bits per heavy atom. The summed E-state index contributed by atoms with van der Waals surface area (Å²) in [6.45, 7) is 4.68. The molecule has 116 valence electrons. The molecule has 0 aromatic rings. The summed E-state index contributed by atoms with van der Waals surface area (Å²) in [6, 6.07) is 0. The van der Waals surface area contributed by atoms with Crippen LogP contribution in [-0.4, -0.2) is 64.9 Å². The molecule has 2 radical (unpaired) electrons. The van der Waals surface area contributed by atoms with Crippen molar-refractivity contribution < 1.29 is 9.15 Å². The van der Waals surface area contributed by atoms with Crippen molar-refractivity contribution in [3.8, 4) is 0 Å². The van der Waals surface area contributed by atoms with Gasteiger partial charge in [0.2, 0.25) is 0 Å². The van der Waals surface area contributed by atoms with Crippen LogP contribution in [0.2, 0.25) is 0 Å². The van der Waals surface area contributed by atoms with E-state index < -0.39 is 0 Å². The van der Waals surface area contributed by atoms with Gasteiger partial charge in [-0.15, -0.1) is 0 Å². The Labute approximate surface area is 165 Å². The van der Waals surface area contributed by atoms with E-state index in [1.54, 1.807) is 20.8 Å². The van der Waals surface area contributed by atoms with Gasteiger partial charge in [0.25, 0.3) is 0 Å². The molecule has 0 aliphatic carbocycles. The van der Waals surface area contributed by atoms with E-state index in [4.69, 9.17) is 0 Å². The molecule has 0 unspecified atom stereocenters. The third kappa shape index (κ3) is 10.7. The van der Waals surface area contributed by atoms with Gasteiger partial charge >= 0.3 is 42.1 Å². The average Bonchev–Trinajstić information content (AvgIpc) is 2.51. The van der Waals surface area contributed by atoms with Gasteiger partial charge in [0.1, 0.15) is 26.2 Å². The summed E-state index contributed by atoms with van der Waals surface area (Å²) < 4.78 is 6.47. The summed E-state index contributed by atoms with van der Waals surface area (Å²) in [4.78, 5) is 0. The molecule has 2 aliphatic heterocycles. The first kappa shape index (κ1) is 22.0. The third-order valence-corrected chi connectivity index (χ3v) is 4.51. The van der Waals surface area contributed by atoms with Gasteiger partial charge in [0, 0.05) is 25.7 Å². The number of hydrogen-bond donors (Lipinski definition) is 2. The second kappa shape index (κ2) is 14.6. The summed E-state index contributed by atoms with van der Waals surface area (Å²) in [5, 5.41) is 0. The first-order valence-corrected chi connectivity index (χ1v) is 14.4. The van der Waals surface area contributed by atoms with E-state index >= 15 is 0 Å². The molecule has 2 nitrogen and oxygen atoms in total. The van der Waals surface area contributed by atoms with Crippen LogP contribution in [0.3, 0.4) is 0 Å². The molecular weight excluding hydrogens is 502 g/mol. The molecule has 0 N–H and O–H groups in total. The number of piperidine rings is 2. The zero-order chi connectivity index (χ0) is 15.4. The Balaban J connectivity index is 0.000000321. The summed E-state index contributed by atoms with van der Waals surface area (Å²) >= 11 is 19.7. The topological polar surface area (TPSA) is 6.02 Å². The van der Waals surface area contributed by atoms with Gasteiger partial charge in [-0.3, -0.25) is 0 Å². The Hall–Kier alpha value is 2.04. The second-order valence-electron chi connectivity index (χ2n) is 4.74. The normalized spacial score (nSPS) is 18.3. The molecule has 2 fully saturated rings. The van der Waals surface area contributed by atoms with E-state index in [0.717, 1.165) is 8.75 Å². The first-order chi connectivity index (χ1) is 9.61. The molecule has 2 rings (SSSR count). The van der Waals surface area contributed by atoms with Crippen molar-refractivity contribution in [1.29, 1.82) is 0 Å². The van der Waals surface area contributed by atoms with Crippen LogP contribution < -0.4 is 0 Å². The molecular formula is C12H26BrN2S4Sb+4. The van der Waals surface area contributed by atoms with Gasteiger partial charge in [0.15, 0.2) is 0 Å². The standard InChI is InChI=1S/2C6H11NS2.BrH.Sb/c2*8-6(9)7-4-2-1-3-5-7;;/h2*1-5H2,(H,8,9);1H;/q;;;+1/p+3. The maximum atomic E-state index is 4.20. The van der Waals surface area contributed by atoms with Crippen LogP contribution in [0.4, 0.5) is 0 Å². The molecule has 0 bridgehead atoms. The van der Waals surface area contributed by atoms with Crippen molar-refractivity contribution in [2.45, 2.75) is 38.5 Å². The van der Waals surface area contributed by atoms with Gasteiger partial charge in [0.05, 0.1) is 25.3 Å². The Kier molecular flexibility index (Phi) is 16.1. The molecule has 0 atom stereocenters. The average molecular weight is 528 g/mol. The van der Waals surface area contributed by atoms with E-state index in [2.05, 4.69) is 72.3 Å². The van der Waals surface area contributed by atoms with Crippen molar-refractivity contribution in [3.05, 3.63) is 0 Å². The van der Waals surface area contributed by atoms with Crippen molar-refractivity contribution in [2.24, 2.45) is 0 Å². The SMILES string of the molecule is SC([SH2+])=[N+]1CCCCC1.SC([SH2+])=[N+]1CCCCC1.[Br][Sb]. The monoisotopic (exact) mass is 526 g/mol. The fourth-order valence-corrected chi connectivity index (χ4v) is 3.06. The molecule has 0 aromatic heterocycles. The quantitative estimate of drug-likeness (QED) is 0.155. The molecule has 0 aromatic carbocycles. The van der Waals surface area contributed by atoms with Gasteiger partial charge in [-0.25, -0.2) is 0 Å². The number of nitrogens with zero attached hydrogens (tertiary/aromatic N) is 2. The zero-order valence-electron chi connectivity index (χ0n) is 11.7. The van der Waals surface area contributed by atoms with Crippen molar-refractivity contribution in [3.63, 3.8) is 0 Å². The van der Waals surface area contributed by atoms with Crippen LogP contribution in [0.25, 0.3) is 0 Å². The minimum absolute atomic E-state index is 0.981. The third-order valence-electron chi connectivity index (χ3n) is 3.31. The van der Waals surface area contributed by atoms with Crippen LogP contribution >= 0.6 is 37.9 Å². The minimum atomic E-state index is 0.981. The Bertz CT molecular complexity index is 281. The second-order valence-corrected chi connectivity index (χ2v) is 7.38. The molecule has 8 heteroatoms. The van der Waals surface area contributed by atoms with Crippen LogP contribution in [0, 0.1) is 0 Å². The van der Waals surface area contributed by atoms with Crippen molar-refractivity contribution in [2.75, 3.05) is 26.2 Å². The van der Waals surface area contributed by atoms with E-state index in [1.807, 2.05) is 0 Å². The fourth-order valence-electron chi connectivity index (χ4n) is 2.21. The van der Waals surface area contributed by atoms with Crippen LogP contribution in [0.15, 0.2) is 0 Å². The Morgan fingerprint density at radius 1 is 0.700 bits per heavy atom. The first-order valence-electron chi connectivity index (χ1n) is 6.83. The summed E-state index contributed by atoms with van der Waals surface area (Å²) in [5.41, 5.74) is 0. The van der Waals surface area contributed by atoms with E-state index in [0.29, 0.717) is 0 Å². The molecule has 2 aliphatic rings. The number of thiol groups is 2. The molecule has 2 heterocycles. The molecule has 20 heavy (non-hydrogen) atoms. The van der Waals surface area contributed by atoms with Crippen LogP contribution in [0.5, 0.6) is 0 Å². The van der Waals surface area contributed by atoms with Gasteiger partial charge in [-0.1, -0.05) is 0 Å². The molecule has 2 saturated heterocycles. The van der Waals surface area contributed by atoms with E-state index in [1.165, 1.54) is 64.7 Å². The van der Waals surface area contributed by atoms with Crippen molar-refractivity contribution in [1.82, 2.24) is 0 Å². The molecule has 0 saturated carbocycles. The molecule has 0 spiro atoms. The van der Waals surface area contributed by atoms with E-state index in [-0.39, 0.29) is 0 Å². The van der Waals surface area contributed by atoms with Gasteiger partial charge < -0.3 is 0 Å². The summed E-state index contributed by atoms with van der Waals surface area (Å²) in [5.74, 6) is 0. The maximum absolute atomic E-state index is 4.20. The molecule has 0 amide bonds. The predicted molar refractivity (Wildman–Crippen MR) is 111 cm³/mol. The predicted octanol–water partition coefficient (Wildman–Crippen LogP) is 1.43. The van der Waals surface area contributed by atoms with E-state index in [9.17, 15) is 0 Å². The van der Waals surface area contributed by atoms with Crippen molar-refractivity contribution >= 4 is 92.6 Å². The zero-order valence-corrected chi connectivity index (χ0v) is 19.6. The number of hydrogen-bond acceptors (Lipinski definition) is 0. The summed E-state index contributed by atoms with van der Waals surface area (Å²) in [7, 11) is 0. The van der Waals surface area contributed by atoms with Crippen LogP contribution in [-0.2, 0) is 25.3 Å². The number of halogens is 1.